The Labute approximate surface area is 327 Å². The molecular formula is C44H59N5O6. The van der Waals surface area contributed by atoms with Gasteiger partial charge in [0, 0.05) is 11.4 Å². The summed E-state index contributed by atoms with van der Waals surface area (Å²) in [5.74, 6) is 0. The Hall–Kier alpha value is -5.97. The Morgan fingerprint density at radius 3 is 1.00 bits per heavy atom. The van der Waals surface area contributed by atoms with Gasteiger partial charge in [-0.1, -0.05) is 26.0 Å². The third-order valence-electron chi connectivity index (χ3n) is 6.74. The van der Waals surface area contributed by atoms with E-state index in [4.69, 9.17) is 25.7 Å². The van der Waals surface area contributed by atoms with Crippen LogP contribution >= 0.6 is 0 Å². The number of amides is 3. The summed E-state index contributed by atoms with van der Waals surface area (Å²) in [5, 5.41) is 0. The Kier molecular flexibility index (Phi) is 15.9. The number of nitrogen functional groups attached to an aromatic ring is 2. The van der Waals surface area contributed by atoms with Crippen LogP contribution in [0.5, 0.6) is 0 Å². The molecule has 0 radical (unpaired) electrons. The number of allylic oxidation sites excluding steroid dienone is 1. The van der Waals surface area contributed by atoms with Gasteiger partial charge in [0.2, 0.25) is 0 Å². The van der Waals surface area contributed by atoms with Crippen LogP contribution in [0.25, 0.3) is 0 Å². The summed E-state index contributed by atoms with van der Waals surface area (Å²) < 4.78 is 17.2. The van der Waals surface area contributed by atoms with Gasteiger partial charge in [-0.05, 0) is 160 Å². The lowest BCUT2D eigenvalue weighted by Gasteiger charge is -2.30. The van der Waals surface area contributed by atoms with Crippen molar-refractivity contribution in [1.82, 2.24) is 0 Å². The topological polar surface area (TPSA) is 141 Å². The van der Waals surface area contributed by atoms with Crippen LogP contribution in [0.4, 0.5) is 59.9 Å². The molecule has 0 bridgehead atoms. The van der Waals surface area contributed by atoms with Crippen molar-refractivity contribution in [3.63, 3.8) is 0 Å². The second-order valence-electron chi connectivity index (χ2n) is 15.1. The van der Waals surface area contributed by atoms with Crippen molar-refractivity contribution >= 4 is 63.8 Å². The third kappa shape index (κ3) is 14.1. The van der Waals surface area contributed by atoms with Crippen LogP contribution in [0, 0.1) is 0 Å². The maximum Gasteiger partial charge on any atom is 0.419 e. The maximum absolute atomic E-state index is 13.7. The Morgan fingerprint density at radius 2 is 0.745 bits per heavy atom. The highest BCUT2D eigenvalue weighted by atomic mass is 16.6. The largest absolute Gasteiger partial charge is 0.443 e. The second-order valence-corrected chi connectivity index (χ2v) is 15.1. The minimum Gasteiger partial charge on any atom is -0.443 e. The number of nitrogens with two attached hydrogens (primary N) is 2. The summed E-state index contributed by atoms with van der Waals surface area (Å²) in [5.41, 5.74) is 13.7. The van der Waals surface area contributed by atoms with E-state index in [2.05, 4.69) is 6.58 Å². The highest BCUT2D eigenvalue weighted by Crippen LogP contribution is 2.36. The first-order chi connectivity index (χ1) is 25.6. The smallest absolute Gasteiger partial charge is 0.419 e. The van der Waals surface area contributed by atoms with E-state index in [9.17, 15) is 14.4 Å². The second kappa shape index (κ2) is 19.4. The van der Waals surface area contributed by atoms with Crippen LogP contribution in [0.2, 0.25) is 0 Å². The summed E-state index contributed by atoms with van der Waals surface area (Å²) in [6.07, 6.45) is -0.0456. The van der Waals surface area contributed by atoms with Crippen LogP contribution in [-0.2, 0) is 14.2 Å². The molecule has 0 aliphatic heterocycles. The molecule has 0 aliphatic rings. The lowest BCUT2D eigenvalue weighted by molar-refractivity contribution is 0.0587. The van der Waals surface area contributed by atoms with Crippen LogP contribution < -0.4 is 26.2 Å². The quantitative estimate of drug-likeness (QED) is 0.113. The van der Waals surface area contributed by atoms with Crippen LogP contribution in [0.3, 0.4) is 0 Å². The van der Waals surface area contributed by atoms with Crippen molar-refractivity contribution in [3.8, 4) is 0 Å². The molecule has 3 amide bonds. The molecular weight excluding hydrogens is 695 g/mol. The molecule has 0 fully saturated rings. The molecule has 4 rings (SSSR count). The summed E-state index contributed by atoms with van der Waals surface area (Å²) in [4.78, 5) is 44.9. The van der Waals surface area contributed by atoms with E-state index < -0.39 is 35.1 Å². The molecule has 0 unspecified atom stereocenters. The number of hydrogen-bond acceptors (Lipinski definition) is 8. The molecule has 0 spiro atoms. The first-order valence-electron chi connectivity index (χ1n) is 18.2. The zero-order chi connectivity index (χ0) is 41.7. The van der Waals surface area contributed by atoms with Crippen molar-refractivity contribution in [2.45, 2.75) is 99.9 Å². The molecule has 0 heterocycles. The summed E-state index contributed by atoms with van der Waals surface area (Å²) in [6.45, 7) is 25.3. The highest BCUT2D eigenvalue weighted by Gasteiger charge is 2.29. The van der Waals surface area contributed by atoms with Gasteiger partial charge in [-0.15, -0.1) is 6.58 Å². The molecule has 4 aromatic rings. The van der Waals surface area contributed by atoms with Gasteiger partial charge < -0.3 is 25.7 Å². The normalized spacial score (nSPS) is 11.0. The molecule has 11 nitrogen and oxygen atoms in total. The maximum atomic E-state index is 13.7. The first-order valence-corrected chi connectivity index (χ1v) is 18.2. The van der Waals surface area contributed by atoms with Gasteiger partial charge in [0.15, 0.2) is 0 Å². The number of anilines is 8. The molecule has 0 saturated heterocycles. The molecule has 55 heavy (non-hydrogen) atoms. The first kappa shape index (κ1) is 45.2. The monoisotopic (exact) mass is 753 g/mol. The SMILES string of the molecule is C=CC.CC.CC(C)(C)OC(=O)N(c1ccc(N)cc1)c1ccc(N(C(=O)OC(C)(C)C)c2ccc(N(C(=O)OC(C)(C)C)c3cccc(N)c3)cc2)cc1. The van der Waals surface area contributed by atoms with E-state index in [0.717, 1.165) is 0 Å². The highest BCUT2D eigenvalue weighted by molar-refractivity contribution is 6.00. The fourth-order valence-electron chi connectivity index (χ4n) is 4.79. The van der Waals surface area contributed by atoms with E-state index in [1.54, 1.807) is 165 Å². The molecule has 0 aromatic heterocycles. The lowest BCUT2D eigenvalue weighted by atomic mass is 10.1. The fourth-order valence-corrected chi connectivity index (χ4v) is 4.79. The Balaban J connectivity index is 0.00000199. The Morgan fingerprint density at radius 1 is 0.491 bits per heavy atom. The van der Waals surface area contributed by atoms with Gasteiger partial charge in [0.05, 0.1) is 34.1 Å². The van der Waals surface area contributed by atoms with E-state index in [1.807, 2.05) is 20.8 Å². The average molecular weight is 754 g/mol. The fraction of sp³-hybridized carbons (Fsp3) is 0.341. The number of rotatable bonds is 6. The molecule has 4 N–H and O–H groups in total. The predicted molar refractivity (Wildman–Crippen MR) is 227 cm³/mol. The zero-order valence-corrected chi connectivity index (χ0v) is 34.5. The summed E-state index contributed by atoms with van der Waals surface area (Å²) in [7, 11) is 0. The number of carbonyl (C=O) groups is 3. The number of nitrogens with zero attached hydrogens (tertiary/aromatic N) is 3. The minimum atomic E-state index is -0.793. The Bertz CT molecular complexity index is 1850. The zero-order valence-electron chi connectivity index (χ0n) is 34.5. The van der Waals surface area contributed by atoms with Crippen LogP contribution in [0.15, 0.2) is 110 Å². The van der Waals surface area contributed by atoms with Crippen LogP contribution in [0.1, 0.15) is 83.1 Å². The molecule has 0 aliphatic carbocycles. The van der Waals surface area contributed by atoms with Crippen molar-refractivity contribution in [1.29, 1.82) is 0 Å². The van der Waals surface area contributed by atoms with Gasteiger partial charge in [0.1, 0.15) is 16.8 Å². The third-order valence-corrected chi connectivity index (χ3v) is 6.74. The standard InChI is InChI=1S/C39H47N5O6.C3H6.C2H6/c1-37(2,3)48-34(45)42(28-15-13-26(40)14-16-28)29-17-19-30(20-18-29)43(35(46)49-38(4,5)6)31-21-23-32(24-22-31)44(36(47)50-39(7,8)9)33-12-10-11-27(41)25-33;1-3-2;1-2/h10-25H,40-41H2,1-9H3;3H,1H2,2H3;1-2H3. The average Bonchev–Trinajstić information content (AvgIpc) is 3.06. The van der Waals surface area contributed by atoms with E-state index >= 15 is 0 Å². The number of benzene rings is 4. The van der Waals surface area contributed by atoms with Crippen LogP contribution in [-0.4, -0.2) is 35.1 Å². The number of hydrogen-bond donors (Lipinski definition) is 2. The molecule has 296 valence electrons. The summed E-state index contributed by atoms with van der Waals surface area (Å²) in [6, 6.07) is 27.4. The minimum absolute atomic E-state index is 0.468. The van der Waals surface area contributed by atoms with Crippen molar-refractivity contribution < 1.29 is 28.6 Å². The van der Waals surface area contributed by atoms with E-state index in [0.29, 0.717) is 45.5 Å². The van der Waals surface area contributed by atoms with Gasteiger partial charge in [-0.2, -0.15) is 0 Å². The molecule has 0 atom stereocenters. The number of ether oxygens (including phenoxy) is 3. The van der Waals surface area contributed by atoms with Gasteiger partial charge in [-0.25, -0.2) is 29.1 Å². The molecule has 0 saturated carbocycles. The van der Waals surface area contributed by atoms with Crippen molar-refractivity contribution in [3.05, 3.63) is 110 Å². The molecule has 11 heteroatoms. The van der Waals surface area contributed by atoms with Crippen molar-refractivity contribution in [2.24, 2.45) is 0 Å². The van der Waals surface area contributed by atoms with E-state index in [-0.39, 0.29) is 0 Å². The lowest BCUT2D eigenvalue weighted by Crippen LogP contribution is -2.35. The van der Waals surface area contributed by atoms with Crippen molar-refractivity contribution in [2.75, 3.05) is 26.2 Å². The summed E-state index contributed by atoms with van der Waals surface area (Å²) >= 11 is 0. The van der Waals surface area contributed by atoms with Gasteiger partial charge in [0.25, 0.3) is 0 Å². The number of carbonyl (C=O) groups excluding carboxylic acids is 3. The van der Waals surface area contributed by atoms with Gasteiger partial charge >= 0.3 is 18.3 Å². The van der Waals surface area contributed by atoms with E-state index in [1.165, 1.54) is 14.7 Å². The predicted octanol–water partition coefficient (Wildman–Crippen LogP) is 12.3. The molecule has 4 aromatic carbocycles. The van der Waals surface area contributed by atoms with Gasteiger partial charge in [-0.3, -0.25) is 0 Å².